The molecule has 0 saturated carbocycles. The minimum atomic E-state index is -0.288. The van der Waals surface area contributed by atoms with Crippen molar-refractivity contribution in [2.24, 2.45) is 0 Å². The molecule has 2 N–H and O–H groups in total. The number of ether oxygens (including phenoxy) is 1. The standard InChI is InChI=1S/C12H16N2O3/c1-9(2)11(15)13-5-7-17-8-6-14-12(16)10(3)4/h5-8H,1,3H2,2,4H3,(H,13,15)(H,14,16). The minimum absolute atomic E-state index is 0.288. The summed E-state index contributed by atoms with van der Waals surface area (Å²) >= 11 is 0. The molecular formula is C12H16N2O3. The molecular weight excluding hydrogens is 220 g/mol. The fourth-order valence-corrected chi connectivity index (χ4v) is 0.590. The SMILES string of the molecule is C=C(C)C(=O)NC=COC=CNC(=O)C(=C)C. The van der Waals surface area contributed by atoms with Gasteiger partial charge in [-0.2, -0.15) is 0 Å². The molecule has 0 aromatic rings. The van der Waals surface area contributed by atoms with Gasteiger partial charge in [0.1, 0.15) is 12.5 Å². The van der Waals surface area contributed by atoms with E-state index in [4.69, 9.17) is 4.74 Å². The minimum Gasteiger partial charge on any atom is -0.470 e. The first-order valence-electron chi connectivity index (χ1n) is 4.83. The number of hydrogen-bond donors (Lipinski definition) is 2. The molecule has 2 amide bonds. The Morgan fingerprint density at radius 3 is 1.59 bits per heavy atom. The third kappa shape index (κ3) is 7.61. The molecule has 0 unspecified atom stereocenters. The maximum Gasteiger partial charge on any atom is 0.250 e. The lowest BCUT2D eigenvalue weighted by Gasteiger charge is -1.97. The highest BCUT2D eigenvalue weighted by molar-refractivity contribution is 5.93. The molecule has 0 aliphatic rings. The highest BCUT2D eigenvalue weighted by Crippen LogP contribution is 1.87. The van der Waals surface area contributed by atoms with Crippen molar-refractivity contribution >= 4 is 11.8 Å². The predicted octanol–water partition coefficient (Wildman–Crippen LogP) is 1.33. The van der Waals surface area contributed by atoms with Gasteiger partial charge in [-0.25, -0.2) is 0 Å². The number of nitrogens with one attached hydrogen (secondary N) is 2. The summed E-state index contributed by atoms with van der Waals surface area (Å²) < 4.78 is 4.84. The summed E-state index contributed by atoms with van der Waals surface area (Å²) in [5.41, 5.74) is 0.804. The smallest absolute Gasteiger partial charge is 0.250 e. The quantitative estimate of drug-likeness (QED) is 0.540. The summed E-state index contributed by atoms with van der Waals surface area (Å²) in [5.74, 6) is -0.575. The summed E-state index contributed by atoms with van der Waals surface area (Å²) in [6.07, 6.45) is 5.15. The Labute approximate surface area is 101 Å². The zero-order valence-corrected chi connectivity index (χ0v) is 9.95. The van der Waals surface area contributed by atoms with Crippen molar-refractivity contribution < 1.29 is 14.3 Å². The third-order valence-electron chi connectivity index (χ3n) is 1.50. The maximum atomic E-state index is 11.0. The van der Waals surface area contributed by atoms with Crippen LogP contribution in [0.2, 0.25) is 0 Å². The summed E-state index contributed by atoms with van der Waals surface area (Å²) in [6.45, 7) is 10.1. The van der Waals surface area contributed by atoms with Crippen LogP contribution in [0, 0.1) is 0 Å². The molecule has 0 rings (SSSR count). The van der Waals surface area contributed by atoms with Crippen LogP contribution in [-0.2, 0) is 14.3 Å². The van der Waals surface area contributed by atoms with E-state index >= 15 is 0 Å². The Balaban J connectivity index is 3.77. The van der Waals surface area contributed by atoms with E-state index in [9.17, 15) is 9.59 Å². The normalized spacial score (nSPS) is 10.2. The molecule has 5 nitrogen and oxygen atoms in total. The van der Waals surface area contributed by atoms with Gasteiger partial charge in [-0.1, -0.05) is 13.2 Å². The largest absolute Gasteiger partial charge is 0.470 e. The van der Waals surface area contributed by atoms with Crippen LogP contribution in [0.4, 0.5) is 0 Å². The topological polar surface area (TPSA) is 67.4 Å². The maximum absolute atomic E-state index is 11.0. The molecule has 0 aromatic carbocycles. The number of rotatable bonds is 6. The van der Waals surface area contributed by atoms with Crippen molar-refractivity contribution in [3.63, 3.8) is 0 Å². The molecule has 0 fully saturated rings. The second-order valence-corrected chi connectivity index (χ2v) is 3.25. The van der Waals surface area contributed by atoms with Crippen LogP contribution in [-0.4, -0.2) is 11.8 Å². The van der Waals surface area contributed by atoms with Gasteiger partial charge < -0.3 is 15.4 Å². The summed E-state index contributed by atoms with van der Waals surface area (Å²) in [6, 6.07) is 0. The fourth-order valence-electron chi connectivity index (χ4n) is 0.590. The Hall–Kier alpha value is -2.30. The third-order valence-corrected chi connectivity index (χ3v) is 1.50. The summed E-state index contributed by atoms with van der Waals surface area (Å²) in [5, 5.41) is 4.84. The van der Waals surface area contributed by atoms with Crippen molar-refractivity contribution in [2.75, 3.05) is 0 Å². The van der Waals surface area contributed by atoms with Crippen molar-refractivity contribution in [2.45, 2.75) is 13.8 Å². The van der Waals surface area contributed by atoms with E-state index in [1.165, 1.54) is 24.9 Å². The number of carbonyl (C=O) groups excluding carboxylic acids is 2. The van der Waals surface area contributed by atoms with Gasteiger partial charge in [0.15, 0.2) is 0 Å². The average molecular weight is 236 g/mol. The van der Waals surface area contributed by atoms with Crippen LogP contribution >= 0.6 is 0 Å². The molecule has 0 radical (unpaired) electrons. The molecule has 0 atom stereocenters. The predicted molar refractivity (Wildman–Crippen MR) is 65.3 cm³/mol. The Bertz CT molecular complexity index is 345. The molecule has 0 aromatic heterocycles. The molecule has 0 aliphatic carbocycles. The van der Waals surface area contributed by atoms with Gasteiger partial charge in [0.05, 0.1) is 0 Å². The zero-order chi connectivity index (χ0) is 13.3. The van der Waals surface area contributed by atoms with Crippen LogP contribution in [0.1, 0.15) is 13.8 Å². The van der Waals surface area contributed by atoms with Crippen molar-refractivity contribution in [3.05, 3.63) is 49.2 Å². The second kappa shape index (κ2) is 7.92. The first-order chi connectivity index (χ1) is 7.95. The van der Waals surface area contributed by atoms with E-state index in [-0.39, 0.29) is 11.8 Å². The number of hydrogen-bond acceptors (Lipinski definition) is 3. The fraction of sp³-hybridized carbons (Fsp3) is 0.167. The summed E-state index contributed by atoms with van der Waals surface area (Å²) in [7, 11) is 0. The van der Waals surface area contributed by atoms with Crippen LogP contribution < -0.4 is 10.6 Å². The summed E-state index contributed by atoms with van der Waals surface area (Å²) in [4.78, 5) is 22.0. The Kier molecular flexibility index (Phi) is 6.85. The lowest BCUT2D eigenvalue weighted by Crippen LogP contribution is -2.17. The number of carbonyl (C=O) groups is 2. The van der Waals surface area contributed by atoms with Gasteiger partial charge in [-0.15, -0.1) is 0 Å². The van der Waals surface area contributed by atoms with Gasteiger partial charge in [0.2, 0.25) is 11.8 Å². The Morgan fingerprint density at radius 1 is 0.941 bits per heavy atom. The van der Waals surface area contributed by atoms with Gasteiger partial charge >= 0.3 is 0 Å². The monoisotopic (exact) mass is 236 g/mol. The highest BCUT2D eigenvalue weighted by atomic mass is 16.5. The molecule has 0 bridgehead atoms. The zero-order valence-electron chi connectivity index (χ0n) is 9.95. The van der Waals surface area contributed by atoms with Crippen molar-refractivity contribution in [1.82, 2.24) is 10.6 Å². The Morgan fingerprint density at radius 2 is 1.29 bits per heavy atom. The van der Waals surface area contributed by atoms with E-state index in [1.807, 2.05) is 0 Å². The first-order valence-corrected chi connectivity index (χ1v) is 4.83. The van der Waals surface area contributed by atoms with Crippen molar-refractivity contribution in [3.8, 4) is 0 Å². The molecule has 5 heteroatoms. The molecule has 0 spiro atoms. The van der Waals surface area contributed by atoms with Gasteiger partial charge in [-0.3, -0.25) is 9.59 Å². The van der Waals surface area contributed by atoms with Gasteiger partial charge in [0.25, 0.3) is 0 Å². The number of amides is 2. The molecule has 92 valence electrons. The van der Waals surface area contributed by atoms with Crippen LogP contribution in [0.3, 0.4) is 0 Å². The second-order valence-electron chi connectivity index (χ2n) is 3.25. The van der Waals surface area contributed by atoms with Crippen LogP contribution in [0.25, 0.3) is 0 Å². The van der Waals surface area contributed by atoms with E-state index < -0.39 is 0 Å². The lowest BCUT2D eigenvalue weighted by molar-refractivity contribution is -0.117. The lowest BCUT2D eigenvalue weighted by atomic mass is 10.3. The van der Waals surface area contributed by atoms with E-state index in [0.717, 1.165) is 0 Å². The van der Waals surface area contributed by atoms with Gasteiger partial charge in [-0.05, 0) is 13.8 Å². The van der Waals surface area contributed by atoms with E-state index in [2.05, 4.69) is 23.8 Å². The molecule has 0 heterocycles. The van der Waals surface area contributed by atoms with Gasteiger partial charge in [0, 0.05) is 23.5 Å². The van der Waals surface area contributed by atoms with Crippen molar-refractivity contribution in [1.29, 1.82) is 0 Å². The van der Waals surface area contributed by atoms with E-state index in [1.54, 1.807) is 13.8 Å². The average Bonchev–Trinajstić information content (AvgIpc) is 2.26. The molecule has 0 saturated heterocycles. The highest BCUT2D eigenvalue weighted by Gasteiger charge is 1.96. The molecule has 17 heavy (non-hydrogen) atoms. The van der Waals surface area contributed by atoms with Crippen LogP contribution in [0.15, 0.2) is 49.2 Å². The molecule has 0 aliphatic heterocycles. The van der Waals surface area contributed by atoms with E-state index in [0.29, 0.717) is 11.1 Å². The van der Waals surface area contributed by atoms with Crippen LogP contribution in [0.5, 0.6) is 0 Å². The first kappa shape index (κ1) is 14.7.